The predicted octanol–water partition coefficient (Wildman–Crippen LogP) is 3.10. The Kier molecular flexibility index (Phi) is 9.46. The number of halogens is 1. The van der Waals surface area contributed by atoms with Gasteiger partial charge in [0.15, 0.2) is 5.82 Å². The third-order valence-corrected chi connectivity index (χ3v) is 6.93. The zero-order chi connectivity index (χ0) is 27.0. The second-order valence-corrected chi connectivity index (χ2v) is 9.77. The number of amides is 2. The van der Waals surface area contributed by atoms with Gasteiger partial charge in [-0.1, -0.05) is 24.3 Å². The van der Waals surface area contributed by atoms with Gasteiger partial charge in [-0.05, 0) is 18.9 Å². The number of likely N-dealkylation sites (tertiary alicyclic amines) is 1. The molecule has 3 aromatic rings. The summed E-state index contributed by atoms with van der Waals surface area (Å²) in [4.78, 5) is 29.1. The number of nitriles is 1. The number of aryl methyl sites for hydroxylation is 1. The average molecular weight is 528 g/mol. The van der Waals surface area contributed by atoms with E-state index in [1.54, 1.807) is 25.6 Å². The summed E-state index contributed by atoms with van der Waals surface area (Å²) >= 11 is 1.60. The van der Waals surface area contributed by atoms with Crippen molar-refractivity contribution in [1.29, 1.82) is 5.26 Å². The maximum Gasteiger partial charge on any atom is 0.254 e. The number of anilines is 1. The van der Waals surface area contributed by atoms with Crippen molar-refractivity contribution in [3.8, 4) is 17.3 Å². The van der Waals surface area contributed by atoms with Crippen LogP contribution in [0.3, 0.4) is 0 Å². The number of hydrogen-bond acceptors (Lipinski definition) is 8. The standard InChI is InChI=1S/C23H24FN7O2S.C2H6O/c1-15-28-19(13-34-15)17-4-2-16(3-5-17)10-30-9-7-23(6-8-25,20(24)12-30)31-11-18(21(26)33)22(29-31)27-14-32;1-3-2/h2-5,11,13-14,20H,6-7,9-10,12H2,1H3,(H2,26,33)(H,27,29,32);1-2H3. The van der Waals surface area contributed by atoms with E-state index >= 15 is 4.39 Å². The number of nitrogens with two attached hydrogens (primary N) is 1. The number of carbonyl (C=O) groups is 2. The van der Waals surface area contributed by atoms with Crippen molar-refractivity contribution in [2.24, 2.45) is 5.73 Å². The fraction of sp³-hybridized carbons (Fsp3) is 0.400. The van der Waals surface area contributed by atoms with Gasteiger partial charge in [0.1, 0.15) is 17.3 Å². The number of nitrogens with zero attached hydrogens (tertiary/aromatic N) is 5. The largest absolute Gasteiger partial charge is 0.388 e. The van der Waals surface area contributed by atoms with Crippen LogP contribution in [-0.2, 0) is 21.6 Å². The van der Waals surface area contributed by atoms with Gasteiger partial charge in [-0.2, -0.15) is 10.4 Å². The Morgan fingerprint density at radius 2 is 2.11 bits per heavy atom. The normalized spacial score (nSPS) is 19.4. The van der Waals surface area contributed by atoms with Crippen LogP contribution in [0.5, 0.6) is 0 Å². The van der Waals surface area contributed by atoms with Crippen molar-refractivity contribution in [2.45, 2.75) is 38.0 Å². The molecular weight excluding hydrogens is 497 g/mol. The summed E-state index contributed by atoms with van der Waals surface area (Å²) in [6, 6.07) is 10.1. The molecule has 1 fully saturated rings. The number of thiazole rings is 1. The van der Waals surface area contributed by atoms with Crippen molar-refractivity contribution < 1.29 is 18.7 Å². The molecule has 2 aromatic heterocycles. The first-order chi connectivity index (χ1) is 17.8. The first-order valence-electron chi connectivity index (χ1n) is 11.5. The van der Waals surface area contributed by atoms with Gasteiger partial charge in [-0.3, -0.25) is 19.2 Å². The van der Waals surface area contributed by atoms with E-state index in [1.807, 2.05) is 41.5 Å². The number of aromatic nitrogens is 3. The van der Waals surface area contributed by atoms with Crippen molar-refractivity contribution in [1.82, 2.24) is 19.7 Å². The molecule has 2 amide bonds. The molecule has 1 aliphatic heterocycles. The van der Waals surface area contributed by atoms with Gasteiger partial charge in [0, 0.05) is 51.0 Å². The maximum absolute atomic E-state index is 15.7. The number of primary amides is 1. The molecule has 4 rings (SSSR count). The highest BCUT2D eigenvalue weighted by Crippen LogP contribution is 2.37. The fourth-order valence-electron chi connectivity index (χ4n) is 4.29. The molecule has 2 unspecified atom stereocenters. The van der Waals surface area contributed by atoms with E-state index in [4.69, 9.17) is 5.73 Å². The molecule has 12 heteroatoms. The average Bonchev–Trinajstić information content (AvgIpc) is 3.49. The van der Waals surface area contributed by atoms with Crippen molar-refractivity contribution >= 4 is 29.5 Å². The van der Waals surface area contributed by atoms with Gasteiger partial charge < -0.3 is 15.8 Å². The second kappa shape index (κ2) is 12.5. The third kappa shape index (κ3) is 6.37. The van der Waals surface area contributed by atoms with E-state index in [9.17, 15) is 14.9 Å². The van der Waals surface area contributed by atoms with Crippen LogP contribution in [0.1, 0.15) is 33.8 Å². The number of piperidine rings is 1. The van der Waals surface area contributed by atoms with Gasteiger partial charge >= 0.3 is 0 Å². The quantitative estimate of drug-likeness (QED) is 0.429. The molecule has 0 saturated carbocycles. The Morgan fingerprint density at radius 3 is 2.65 bits per heavy atom. The molecule has 1 aliphatic rings. The molecule has 0 spiro atoms. The SMILES string of the molecule is COC.Cc1nc(-c2ccc(CN3CCC(CC#N)(n4cc(C(N)=O)c(NC=O)n4)C(F)C3)cc2)cs1. The zero-order valence-corrected chi connectivity index (χ0v) is 21.8. The van der Waals surface area contributed by atoms with Gasteiger partial charge in [0.2, 0.25) is 6.41 Å². The summed E-state index contributed by atoms with van der Waals surface area (Å²) < 4.78 is 21.2. The Labute approximate surface area is 218 Å². The Bertz CT molecular complexity index is 1250. The lowest BCUT2D eigenvalue weighted by Gasteiger charge is -2.43. The highest BCUT2D eigenvalue weighted by molar-refractivity contribution is 7.09. The third-order valence-electron chi connectivity index (χ3n) is 6.15. The van der Waals surface area contributed by atoms with Crippen LogP contribution in [-0.4, -0.2) is 65.5 Å². The molecule has 1 saturated heterocycles. The van der Waals surface area contributed by atoms with Gasteiger partial charge in [0.05, 0.1) is 23.2 Å². The summed E-state index contributed by atoms with van der Waals surface area (Å²) in [5.41, 5.74) is 7.10. The minimum atomic E-state index is -1.43. The van der Waals surface area contributed by atoms with Crippen LogP contribution in [0, 0.1) is 18.3 Å². The number of hydrogen-bond donors (Lipinski definition) is 2. The van der Waals surface area contributed by atoms with E-state index in [0.717, 1.165) is 21.8 Å². The number of carbonyl (C=O) groups excluding carboxylic acids is 2. The summed E-state index contributed by atoms with van der Waals surface area (Å²) in [6.45, 7) is 3.15. The van der Waals surface area contributed by atoms with Crippen LogP contribution in [0.4, 0.5) is 10.2 Å². The van der Waals surface area contributed by atoms with Gasteiger partial charge in [0.25, 0.3) is 5.91 Å². The maximum atomic E-state index is 15.7. The van der Waals surface area contributed by atoms with E-state index in [0.29, 0.717) is 25.9 Å². The van der Waals surface area contributed by atoms with E-state index in [-0.39, 0.29) is 24.3 Å². The highest BCUT2D eigenvalue weighted by Gasteiger charge is 2.46. The van der Waals surface area contributed by atoms with Gasteiger partial charge in [-0.25, -0.2) is 9.37 Å². The number of benzene rings is 1. The molecule has 37 heavy (non-hydrogen) atoms. The molecule has 1 aromatic carbocycles. The Balaban J connectivity index is 0.00000121. The first-order valence-corrected chi connectivity index (χ1v) is 12.4. The summed E-state index contributed by atoms with van der Waals surface area (Å²) in [5, 5.41) is 19.0. The fourth-order valence-corrected chi connectivity index (χ4v) is 4.92. The lowest BCUT2D eigenvalue weighted by molar-refractivity contribution is -0.105. The van der Waals surface area contributed by atoms with Crippen molar-refractivity contribution in [2.75, 3.05) is 32.6 Å². The van der Waals surface area contributed by atoms with Crippen molar-refractivity contribution in [3.63, 3.8) is 0 Å². The number of ether oxygens (including phenoxy) is 1. The molecule has 196 valence electrons. The van der Waals surface area contributed by atoms with Crippen LogP contribution < -0.4 is 11.1 Å². The second-order valence-electron chi connectivity index (χ2n) is 8.71. The lowest BCUT2D eigenvalue weighted by atomic mass is 9.83. The number of rotatable bonds is 8. The summed E-state index contributed by atoms with van der Waals surface area (Å²) in [7, 11) is 3.25. The Hall–Kier alpha value is -3.66. The van der Waals surface area contributed by atoms with Crippen LogP contribution in [0.25, 0.3) is 11.3 Å². The smallest absolute Gasteiger partial charge is 0.254 e. The monoisotopic (exact) mass is 527 g/mol. The molecular formula is C25H30FN7O3S. The summed E-state index contributed by atoms with van der Waals surface area (Å²) in [6.07, 6.45) is 0.421. The molecule has 3 N–H and O–H groups in total. The molecule has 3 heterocycles. The van der Waals surface area contributed by atoms with Crippen LogP contribution in [0.2, 0.25) is 0 Å². The number of alkyl halides is 1. The molecule has 2 atom stereocenters. The van der Waals surface area contributed by atoms with E-state index < -0.39 is 17.6 Å². The molecule has 10 nitrogen and oxygen atoms in total. The van der Waals surface area contributed by atoms with Crippen LogP contribution >= 0.6 is 11.3 Å². The van der Waals surface area contributed by atoms with Crippen molar-refractivity contribution in [3.05, 3.63) is 52.0 Å². The predicted molar refractivity (Wildman–Crippen MR) is 139 cm³/mol. The van der Waals surface area contributed by atoms with Gasteiger partial charge in [-0.15, -0.1) is 11.3 Å². The highest BCUT2D eigenvalue weighted by atomic mass is 32.1. The lowest BCUT2D eigenvalue weighted by Crippen LogP contribution is -2.54. The first kappa shape index (κ1) is 27.9. The molecule has 0 bridgehead atoms. The van der Waals surface area contributed by atoms with E-state index in [1.165, 1.54) is 10.9 Å². The number of nitrogens with one attached hydrogen (secondary N) is 1. The molecule has 0 aliphatic carbocycles. The minimum Gasteiger partial charge on any atom is -0.388 e. The molecule has 0 radical (unpaired) electrons. The van der Waals surface area contributed by atoms with E-state index in [2.05, 4.69) is 26.2 Å². The Morgan fingerprint density at radius 1 is 1.41 bits per heavy atom. The zero-order valence-electron chi connectivity index (χ0n) is 21.0. The minimum absolute atomic E-state index is 0.0329. The number of methoxy groups -OCH3 is 1. The topological polar surface area (TPSA) is 139 Å². The van der Waals surface area contributed by atoms with Crippen LogP contribution in [0.15, 0.2) is 35.8 Å². The summed E-state index contributed by atoms with van der Waals surface area (Å²) in [5.74, 6) is -0.850.